The van der Waals surface area contributed by atoms with Gasteiger partial charge in [-0.2, -0.15) is 4.98 Å². The summed E-state index contributed by atoms with van der Waals surface area (Å²) in [5.74, 6) is -0.406. The molecule has 2 aromatic carbocycles. The molecular weight excluding hydrogens is 419 g/mol. The van der Waals surface area contributed by atoms with Crippen LogP contribution in [0.5, 0.6) is 0 Å². The lowest BCUT2D eigenvalue weighted by Gasteiger charge is -2.33. The van der Waals surface area contributed by atoms with Crippen molar-refractivity contribution >= 4 is 55.1 Å². The summed E-state index contributed by atoms with van der Waals surface area (Å²) in [6.07, 6.45) is 3.37. The maximum absolute atomic E-state index is 14.0. The van der Waals surface area contributed by atoms with E-state index in [9.17, 15) is 9.18 Å². The van der Waals surface area contributed by atoms with Crippen molar-refractivity contribution < 1.29 is 8.81 Å². The first kappa shape index (κ1) is 18.3. The summed E-state index contributed by atoms with van der Waals surface area (Å²) >= 11 is 1.63. The molecule has 2 N–H and O–H groups in total. The molecular formula is C21H17FN6O2S. The average Bonchev–Trinajstić information content (AvgIpc) is 3.45. The van der Waals surface area contributed by atoms with Crippen LogP contribution in [-0.4, -0.2) is 46.1 Å². The minimum Gasteiger partial charge on any atom is -0.422 e. The Hall–Kier alpha value is -3.50. The number of aromatic amines is 1. The zero-order valence-corrected chi connectivity index (χ0v) is 17.1. The van der Waals surface area contributed by atoms with Crippen LogP contribution in [0.2, 0.25) is 0 Å². The molecule has 1 aliphatic rings. The van der Waals surface area contributed by atoms with Crippen molar-refractivity contribution in [1.29, 1.82) is 0 Å². The van der Waals surface area contributed by atoms with Gasteiger partial charge in [-0.3, -0.25) is 10.2 Å². The molecule has 0 atom stereocenters. The zero-order valence-electron chi connectivity index (χ0n) is 16.3. The number of nitrogens with zero attached hydrogens (tertiary/aromatic N) is 4. The quantitative estimate of drug-likeness (QED) is 0.418. The van der Waals surface area contributed by atoms with Gasteiger partial charge in [-0.15, -0.1) is 11.3 Å². The van der Waals surface area contributed by atoms with E-state index < -0.39 is 5.82 Å². The molecule has 5 aromatic rings. The summed E-state index contributed by atoms with van der Waals surface area (Å²) in [5.41, 5.74) is 4.05. The highest BCUT2D eigenvalue weighted by Gasteiger charge is 2.22. The van der Waals surface area contributed by atoms with Gasteiger partial charge < -0.3 is 14.3 Å². The molecule has 0 radical (unpaired) electrons. The molecule has 156 valence electrons. The Morgan fingerprint density at radius 3 is 2.81 bits per heavy atom. The lowest BCUT2D eigenvalue weighted by molar-refractivity contribution is 0.297. The fourth-order valence-corrected chi connectivity index (χ4v) is 4.81. The standard InChI is InChI=1S/C21H17FN6O2S/c22-12-1-2-13-15(11-12)16-14(3-4-23-19(16)29)18-17(13)25-20(30-18)26-28-8-6-27(7-9-28)21-24-5-10-31-21/h1-5,10-11H,6-9H2,(H,23,29)(H,25,26). The van der Waals surface area contributed by atoms with Crippen molar-refractivity contribution in [2.75, 3.05) is 36.5 Å². The highest BCUT2D eigenvalue weighted by atomic mass is 32.1. The van der Waals surface area contributed by atoms with Gasteiger partial charge in [0.25, 0.3) is 5.56 Å². The van der Waals surface area contributed by atoms with E-state index in [0.29, 0.717) is 38.7 Å². The lowest BCUT2D eigenvalue weighted by atomic mass is 10.0. The molecule has 1 aliphatic heterocycles. The van der Waals surface area contributed by atoms with Crippen LogP contribution in [-0.2, 0) is 0 Å². The Kier molecular flexibility index (Phi) is 4.15. The maximum Gasteiger partial charge on any atom is 0.310 e. The fraction of sp³-hybridized carbons (Fsp3) is 0.190. The van der Waals surface area contributed by atoms with Gasteiger partial charge in [0.05, 0.1) is 5.39 Å². The van der Waals surface area contributed by atoms with Crippen LogP contribution in [0.3, 0.4) is 0 Å². The van der Waals surface area contributed by atoms with E-state index in [1.165, 1.54) is 12.1 Å². The first-order valence-electron chi connectivity index (χ1n) is 9.86. The highest BCUT2D eigenvalue weighted by Crippen LogP contribution is 2.35. The molecule has 10 heteroatoms. The van der Waals surface area contributed by atoms with Crippen LogP contribution in [0, 0.1) is 5.82 Å². The number of benzene rings is 2. The number of H-pyrrole nitrogens is 1. The van der Waals surface area contributed by atoms with Crippen molar-refractivity contribution in [2.45, 2.75) is 0 Å². The van der Waals surface area contributed by atoms with Gasteiger partial charge >= 0.3 is 6.01 Å². The molecule has 1 saturated heterocycles. The molecule has 1 fully saturated rings. The Bertz CT molecular complexity index is 1470. The number of oxazole rings is 1. The Morgan fingerprint density at radius 2 is 2.00 bits per heavy atom. The highest BCUT2D eigenvalue weighted by molar-refractivity contribution is 7.13. The summed E-state index contributed by atoms with van der Waals surface area (Å²) in [7, 11) is 0. The van der Waals surface area contributed by atoms with Crippen LogP contribution in [0.1, 0.15) is 0 Å². The number of hydrogen-bond donors (Lipinski definition) is 2. The largest absolute Gasteiger partial charge is 0.422 e. The van der Waals surface area contributed by atoms with E-state index >= 15 is 0 Å². The van der Waals surface area contributed by atoms with E-state index in [2.05, 4.69) is 25.3 Å². The number of thiazole rings is 1. The normalized spacial score (nSPS) is 15.3. The molecule has 31 heavy (non-hydrogen) atoms. The molecule has 6 rings (SSSR count). The number of rotatable bonds is 3. The summed E-state index contributed by atoms with van der Waals surface area (Å²) in [5, 5.41) is 7.23. The van der Waals surface area contributed by atoms with Crippen molar-refractivity contribution in [1.82, 2.24) is 20.0 Å². The van der Waals surface area contributed by atoms with Crippen molar-refractivity contribution in [2.24, 2.45) is 0 Å². The first-order valence-corrected chi connectivity index (χ1v) is 10.7. The van der Waals surface area contributed by atoms with Gasteiger partial charge in [0.15, 0.2) is 10.7 Å². The van der Waals surface area contributed by atoms with E-state index in [0.717, 1.165) is 31.3 Å². The van der Waals surface area contributed by atoms with Gasteiger partial charge in [0, 0.05) is 60.1 Å². The van der Waals surface area contributed by atoms with Crippen LogP contribution in [0.15, 0.2) is 51.3 Å². The van der Waals surface area contributed by atoms with Gasteiger partial charge in [-0.05, 0) is 24.3 Å². The summed E-state index contributed by atoms with van der Waals surface area (Å²) < 4.78 is 20.0. The lowest BCUT2D eigenvalue weighted by Crippen LogP contribution is -2.48. The molecule has 0 spiro atoms. The van der Waals surface area contributed by atoms with Gasteiger partial charge in [0.2, 0.25) is 0 Å². The predicted octanol–water partition coefficient (Wildman–Crippen LogP) is 3.57. The van der Waals surface area contributed by atoms with Gasteiger partial charge in [-0.25, -0.2) is 14.4 Å². The number of hydrazine groups is 1. The maximum atomic E-state index is 14.0. The van der Waals surface area contributed by atoms with Crippen LogP contribution < -0.4 is 15.9 Å². The SMILES string of the molecule is O=c1[nH]ccc2c3oc(NN4CCN(c5nccs5)CC4)nc3c3ccc(F)cc3c12. The van der Waals surface area contributed by atoms with Gasteiger partial charge in [-0.1, -0.05) is 0 Å². The fourth-order valence-electron chi connectivity index (χ4n) is 4.11. The first-order chi connectivity index (χ1) is 15.2. The third kappa shape index (κ3) is 3.03. The number of hydrogen-bond acceptors (Lipinski definition) is 8. The number of halogens is 1. The predicted molar refractivity (Wildman–Crippen MR) is 119 cm³/mol. The van der Waals surface area contributed by atoms with Crippen molar-refractivity contribution in [3.8, 4) is 0 Å². The Labute approximate surface area is 178 Å². The molecule has 0 amide bonds. The zero-order chi connectivity index (χ0) is 20.9. The monoisotopic (exact) mass is 436 g/mol. The second-order valence-electron chi connectivity index (χ2n) is 7.38. The summed E-state index contributed by atoms with van der Waals surface area (Å²) in [4.78, 5) is 26.4. The minimum absolute atomic E-state index is 0.292. The molecule has 4 heterocycles. The minimum atomic E-state index is -0.406. The molecule has 0 unspecified atom stereocenters. The van der Waals surface area contributed by atoms with Gasteiger partial charge in [0.1, 0.15) is 11.3 Å². The van der Waals surface area contributed by atoms with Crippen LogP contribution >= 0.6 is 11.3 Å². The van der Waals surface area contributed by atoms with Crippen molar-refractivity contribution in [3.05, 3.63) is 58.2 Å². The second kappa shape index (κ2) is 7.03. The van der Waals surface area contributed by atoms with E-state index in [1.54, 1.807) is 29.7 Å². The number of nitrogens with one attached hydrogen (secondary N) is 2. The smallest absolute Gasteiger partial charge is 0.310 e. The summed E-state index contributed by atoms with van der Waals surface area (Å²) in [6.45, 7) is 3.21. The number of anilines is 2. The Balaban J connectivity index is 1.38. The third-order valence-electron chi connectivity index (χ3n) is 5.56. The van der Waals surface area contributed by atoms with Crippen molar-refractivity contribution in [3.63, 3.8) is 0 Å². The van der Waals surface area contributed by atoms with E-state index in [1.807, 2.05) is 16.6 Å². The molecule has 0 bridgehead atoms. The van der Waals surface area contributed by atoms with Crippen LogP contribution in [0.25, 0.3) is 32.6 Å². The number of aromatic nitrogens is 3. The summed E-state index contributed by atoms with van der Waals surface area (Å²) in [6, 6.07) is 6.47. The molecule has 3 aromatic heterocycles. The number of pyridine rings is 1. The number of fused-ring (bicyclic) bond motifs is 6. The molecule has 0 aliphatic carbocycles. The van der Waals surface area contributed by atoms with E-state index in [-0.39, 0.29) is 5.56 Å². The van der Waals surface area contributed by atoms with E-state index in [4.69, 9.17) is 4.42 Å². The topological polar surface area (TPSA) is 90.3 Å². The van der Waals surface area contributed by atoms with Crippen LogP contribution in [0.4, 0.5) is 15.5 Å². The third-order valence-corrected chi connectivity index (χ3v) is 6.39. The Morgan fingerprint density at radius 1 is 1.13 bits per heavy atom. The average molecular weight is 436 g/mol. The molecule has 0 saturated carbocycles. The second-order valence-corrected chi connectivity index (χ2v) is 8.26. The number of piperazine rings is 1. The molecule has 8 nitrogen and oxygen atoms in total.